The highest BCUT2D eigenvalue weighted by Crippen LogP contribution is 2.35. The molecule has 0 bridgehead atoms. The van der Waals surface area contributed by atoms with Gasteiger partial charge in [0.05, 0.1) is 23.6 Å². The summed E-state index contributed by atoms with van der Waals surface area (Å²) in [5.74, 6) is -1.20. The van der Waals surface area contributed by atoms with Gasteiger partial charge in [-0.3, -0.25) is 14.5 Å². The van der Waals surface area contributed by atoms with E-state index < -0.39 is 52.4 Å². The highest BCUT2D eigenvalue weighted by Gasteiger charge is 2.52. The summed E-state index contributed by atoms with van der Waals surface area (Å²) in [5.41, 5.74) is 0.542. The van der Waals surface area contributed by atoms with Crippen LogP contribution in [0.15, 0.2) is 48.5 Å². The Bertz CT molecular complexity index is 1450. The van der Waals surface area contributed by atoms with Crippen molar-refractivity contribution in [1.29, 1.82) is 0 Å². The van der Waals surface area contributed by atoms with Crippen molar-refractivity contribution in [2.45, 2.75) is 57.7 Å². The second-order valence-corrected chi connectivity index (χ2v) is 13.4. The zero-order valence-corrected chi connectivity index (χ0v) is 23.9. The van der Waals surface area contributed by atoms with E-state index in [9.17, 15) is 36.0 Å². The first-order valence-corrected chi connectivity index (χ1v) is 15.6. The molecule has 3 amide bonds. The maximum absolute atomic E-state index is 13.9. The van der Waals surface area contributed by atoms with Crippen molar-refractivity contribution in [1.82, 2.24) is 14.7 Å². The number of sulfone groups is 1. The van der Waals surface area contributed by atoms with Gasteiger partial charge in [-0.15, -0.1) is 0 Å². The molecule has 3 saturated heterocycles. The molecule has 3 aliphatic heterocycles. The zero-order valence-electron chi connectivity index (χ0n) is 23.0. The Balaban J connectivity index is 1.40. The predicted molar refractivity (Wildman–Crippen MR) is 145 cm³/mol. The van der Waals surface area contributed by atoms with Gasteiger partial charge in [-0.25, -0.2) is 13.2 Å². The third-order valence-corrected chi connectivity index (χ3v) is 9.82. The minimum absolute atomic E-state index is 0.0127. The monoisotopic (exact) mass is 607 g/mol. The lowest BCUT2D eigenvalue weighted by Gasteiger charge is -2.53. The molecule has 13 heteroatoms. The maximum atomic E-state index is 13.9. The Hall–Kier alpha value is -3.61. The first-order valence-electron chi connectivity index (χ1n) is 13.8. The van der Waals surface area contributed by atoms with Crippen molar-refractivity contribution in [2.24, 2.45) is 5.92 Å². The van der Waals surface area contributed by atoms with Crippen LogP contribution in [0.2, 0.25) is 0 Å². The highest BCUT2D eigenvalue weighted by molar-refractivity contribution is 7.91. The quantitative estimate of drug-likeness (QED) is 0.513. The highest BCUT2D eigenvalue weighted by atomic mass is 32.2. The normalized spacial score (nSPS) is 23.1. The third kappa shape index (κ3) is 6.40. The van der Waals surface area contributed by atoms with Gasteiger partial charge in [0.1, 0.15) is 28.7 Å². The molecule has 0 N–H and O–H groups in total. The fourth-order valence-corrected chi connectivity index (χ4v) is 7.61. The summed E-state index contributed by atoms with van der Waals surface area (Å²) in [6.07, 6.45) is -5.87. The molecule has 3 heterocycles. The van der Waals surface area contributed by atoms with E-state index in [1.807, 2.05) is 30.3 Å². The molecule has 0 radical (unpaired) electrons. The van der Waals surface area contributed by atoms with Crippen molar-refractivity contribution < 1.29 is 40.7 Å². The molecule has 3 aliphatic rings. The van der Waals surface area contributed by atoms with Crippen LogP contribution >= 0.6 is 0 Å². The minimum Gasteiger partial charge on any atom is -0.444 e. The van der Waals surface area contributed by atoms with E-state index in [4.69, 9.17) is 4.74 Å². The predicted octanol–water partition coefficient (Wildman–Crippen LogP) is 3.75. The smallest absolute Gasteiger partial charge is 0.416 e. The van der Waals surface area contributed by atoms with Crippen molar-refractivity contribution >= 4 is 27.7 Å². The van der Waals surface area contributed by atoms with E-state index >= 15 is 0 Å². The SMILES string of the molecule is Cc1cc(COC(=O)N2CCC(=O)N3C(C4CCS(=O)(=O)CC4)C(=O)N(Cc4ccccc4)CC23)cc(C(F)(F)F)c1. The Labute approximate surface area is 242 Å². The summed E-state index contributed by atoms with van der Waals surface area (Å²) in [4.78, 5) is 44.9. The van der Waals surface area contributed by atoms with Crippen molar-refractivity contribution in [3.8, 4) is 0 Å². The van der Waals surface area contributed by atoms with Crippen LogP contribution < -0.4 is 0 Å². The number of alkyl halides is 3. The number of aryl methyl sites for hydroxylation is 1. The van der Waals surface area contributed by atoms with Crippen molar-refractivity contribution in [3.05, 3.63) is 70.8 Å². The zero-order chi connectivity index (χ0) is 30.2. The van der Waals surface area contributed by atoms with Crippen LogP contribution in [-0.4, -0.2) is 77.8 Å². The Morgan fingerprint density at radius 3 is 2.38 bits per heavy atom. The van der Waals surface area contributed by atoms with E-state index in [1.54, 1.807) is 4.90 Å². The number of fused-ring (bicyclic) bond motifs is 1. The lowest BCUT2D eigenvalue weighted by Crippen LogP contribution is -2.72. The summed E-state index contributed by atoms with van der Waals surface area (Å²) in [7, 11) is -3.23. The summed E-state index contributed by atoms with van der Waals surface area (Å²) in [6.45, 7) is 1.37. The van der Waals surface area contributed by atoms with E-state index in [2.05, 4.69) is 0 Å². The molecule has 3 fully saturated rings. The number of ether oxygens (including phenoxy) is 1. The molecule has 42 heavy (non-hydrogen) atoms. The molecule has 9 nitrogen and oxygen atoms in total. The van der Waals surface area contributed by atoms with Gasteiger partial charge in [0.2, 0.25) is 11.8 Å². The fraction of sp³-hybridized carbons (Fsp3) is 0.483. The number of carbonyl (C=O) groups is 3. The molecule has 0 aromatic heterocycles. The number of halogens is 3. The van der Waals surface area contributed by atoms with Gasteiger partial charge in [0.15, 0.2) is 0 Å². The molecule has 226 valence electrons. The maximum Gasteiger partial charge on any atom is 0.416 e. The van der Waals surface area contributed by atoms with Crippen LogP contribution in [0, 0.1) is 12.8 Å². The van der Waals surface area contributed by atoms with Crippen LogP contribution in [0.3, 0.4) is 0 Å². The van der Waals surface area contributed by atoms with Gasteiger partial charge in [0.25, 0.3) is 0 Å². The summed E-state index contributed by atoms with van der Waals surface area (Å²) >= 11 is 0. The Morgan fingerprint density at radius 1 is 1.02 bits per heavy atom. The third-order valence-electron chi connectivity index (χ3n) is 8.11. The van der Waals surface area contributed by atoms with Crippen LogP contribution in [-0.2, 0) is 43.5 Å². The number of nitrogens with zero attached hydrogens (tertiary/aromatic N) is 3. The minimum atomic E-state index is -4.55. The van der Waals surface area contributed by atoms with Crippen LogP contribution in [0.1, 0.15) is 41.5 Å². The number of amides is 3. The van der Waals surface area contributed by atoms with E-state index in [0.29, 0.717) is 5.56 Å². The molecule has 0 saturated carbocycles. The summed E-state index contributed by atoms with van der Waals surface area (Å²) in [6, 6.07) is 11.7. The average Bonchev–Trinajstić information content (AvgIpc) is 2.93. The van der Waals surface area contributed by atoms with Gasteiger partial charge >= 0.3 is 12.3 Å². The molecular weight excluding hydrogens is 575 g/mol. The number of hydrogen-bond donors (Lipinski definition) is 0. The standard InChI is InChI=1S/C29H32F3N3O6S/c1-19-13-21(15-23(14-19)29(30,31)32)18-41-28(38)34-10-7-25(36)35-24(34)17-33(16-20-5-3-2-4-6-20)27(37)26(35)22-8-11-42(39,40)12-9-22/h2-6,13-15,22,24,26H,7-12,16-18H2,1H3. The topological polar surface area (TPSA) is 104 Å². The number of carbonyl (C=O) groups excluding carboxylic acids is 3. The van der Waals surface area contributed by atoms with Gasteiger partial charge in [0, 0.05) is 19.5 Å². The van der Waals surface area contributed by atoms with E-state index in [1.165, 1.54) is 22.8 Å². The second-order valence-electron chi connectivity index (χ2n) is 11.1. The largest absolute Gasteiger partial charge is 0.444 e. The second kappa shape index (κ2) is 11.6. The van der Waals surface area contributed by atoms with Gasteiger partial charge in [-0.1, -0.05) is 42.0 Å². The number of benzene rings is 2. The number of rotatable bonds is 5. The molecule has 0 spiro atoms. The van der Waals surface area contributed by atoms with Crippen LogP contribution in [0.5, 0.6) is 0 Å². The first-order chi connectivity index (χ1) is 19.8. The molecular formula is C29H32F3N3O6S. The van der Waals surface area contributed by atoms with Crippen molar-refractivity contribution in [2.75, 3.05) is 24.6 Å². The molecule has 2 atom stereocenters. The molecule has 2 aromatic rings. The van der Waals surface area contributed by atoms with Crippen LogP contribution in [0.4, 0.5) is 18.0 Å². The van der Waals surface area contributed by atoms with E-state index in [0.717, 1.165) is 17.7 Å². The average molecular weight is 608 g/mol. The molecule has 0 aliphatic carbocycles. The molecule has 2 aromatic carbocycles. The van der Waals surface area contributed by atoms with Gasteiger partial charge < -0.3 is 14.5 Å². The van der Waals surface area contributed by atoms with Gasteiger partial charge in [-0.05, 0) is 48.9 Å². The number of piperazine rings is 1. The Kier molecular flexibility index (Phi) is 8.23. The fourth-order valence-electron chi connectivity index (χ4n) is 6.08. The molecule has 2 unspecified atom stereocenters. The van der Waals surface area contributed by atoms with E-state index in [-0.39, 0.29) is 67.8 Å². The summed E-state index contributed by atoms with van der Waals surface area (Å²) < 4.78 is 69.6. The molecule has 5 rings (SSSR count). The van der Waals surface area contributed by atoms with Gasteiger partial charge in [-0.2, -0.15) is 13.2 Å². The lowest BCUT2D eigenvalue weighted by atomic mass is 9.88. The lowest BCUT2D eigenvalue weighted by molar-refractivity contribution is -0.172. The van der Waals surface area contributed by atoms with Crippen molar-refractivity contribution in [3.63, 3.8) is 0 Å². The number of hydrogen-bond acceptors (Lipinski definition) is 6. The summed E-state index contributed by atoms with van der Waals surface area (Å²) in [5, 5.41) is 0. The first kappa shape index (κ1) is 29.9. The van der Waals surface area contributed by atoms with Crippen LogP contribution in [0.25, 0.3) is 0 Å². The Morgan fingerprint density at radius 2 is 1.71 bits per heavy atom.